The van der Waals surface area contributed by atoms with Gasteiger partial charge < -0.3 is 10.5 Å². The number of thiocarbonyl (C=S) groups is 1. The van der Waals surface area contributed by atoms with Crippen molar-refractivity contribution in [2.75, 3.05) is 0 Å². The average Bonchev–Trinajstić information content (AvgIpc) is 2.15. The molecule has 0 fully saturated rings. The number of nitrogens with two attached hydrogens (primary N) is 1. The summed E-state index contributed by atoms with van der Waals surface area (Å²) in [4.78, 5) is 0. The number of benzene rings is 1. The van der Waals surface area contributed by atoms with Gasteiger partial charge in [-0.3, -0.25) is 0 Å². The van der Waals surface area contributed by atoms with Crippen LogP contribution in [0.5, 0.6) is 0 Å². The SMILES string of the molecule is CCC(OC(N)=S)c1ccccc1. The van der Waals surface area contributed by atoms with Gasteiger partial charge in [0.25, 0.3) is 5.17 Å². The van der Waals surface area contributed by atoms with E-state index >= 15 is 0 Å². The summed E-state index contributed by atoms with van der Waals surface area (Å²) >= 11 is 4.69. The molecular formula is C10H13NOS. The van der Waals surface area contributed by atoms with Crippen molar-refractivity contribution < 1.29 is 4.74 Å². The second kappa shape index (κ2) is 4.82. The summed E-state index contributed by atoms with van der Waals surface area (Å²) in [5, 5.41) is 0.107. The minimum atomic E-state index is -0.0151. The van der Waals surface area contributed by atoms with Gasteiger partial charge in [-0.15, -0.1) is 0 Å². The van der Waals surface area contributed by atoms with Gasteiger partial charge in [-0.1, -0.05) is 37.3 Å². The predicted octanol–water partition coefficient (Wildman–Crippen LogP) is 2.40. The van der Waals surface area contributed by atoms with Crippen LogP contribution < -0.4 is 5.73 Å². The molecule has 1 aromatic carbocycles. The molecule has 0 bridgehead atoms. The number of hydrogen-bond donors (Lipinski definition) is 1. The van der Waals surface area contributed by atoms with E-state index < -0.39 is 0 Å². The van der Waals surface area contributed by atoms with E-state index in [1.807, 2.05) is 37.3 Å². The quantitative estimate of drug-likeness (QED) is 0.752. The van der Waals surface area contributed by atoms with Crippen LogP contribution in [0.4, 0.5) is 0 Å². The highest BCUT2D eigenvalue weighted by molar-refractivity contribution is 7.80. The van der Waals surface area contributed by atoms with Crippen molar-refractivity contribution in [2.24, 2.45) is 5.73 Å². The normalized spacial score (nSPS) is 12.1. The zero-order chi connectivity index (χ0) is 9.68. The predicted molar refractivity (Wildman–Crippen MR) is 57.3 cm³/mol. The molecule has 0 aliphatic carbocycles. The molecule has 0 aliphatic heterocycles. The summed E-state index contributed by atoms with van der Waals surface area (Å²) in [5.74, 6) is 0. The van der Waals surface area contributed by atoms with Crippen molar-refractivity contribution in [2.45, 2.75) is 19.4 Å². The standard InChI is InChI=1S/C10H13NOS/c1-2-9(12-10(11)13)8-6-4-3-5-7-8/h3-7,9H,2H2,1H3,(H2,11,13). The van der Waals surface area contributed by atoms with E-state index in [0.717, 1.165) is 12.0 Å². The van der Waals surface area contributed by atoms with Crippen molar-refractivity contribution in [1.29, 1.82) is 0 Å². The van der Waals surface area contributed by atoms with E-state index in [0.29, 0.717) is 0 Å². The molecule has 13 heavy (non-hydrogen) atoms. The number of rotatable bonds is 3. The molecule has 2 N–H and O–H groups in total. The average molecular weight is 195 g/mol. The lowest BCUT2D eigenvalue weighted by Gasteiger charge is -2.15. The Labute approximate surface area is 83.7 Å². The fourth-order valence-electron chi connectivity index (χ4n) is 1.19. The fourth-order valence-corrected chi connectivity index (χ4v) is 1.31. The third kappa shape index (κ3) is 3.03. The van der Waals surface area contributed by atoms with Crippen LogP contribution in [0, 0.1) is 0 Å². The van der Waals surface area contributed by atoms with Crippen LogP contribution in [0.15, 0.2) is 30.3 Å². The molecule has 1 aromatic rings. The molecule has 0 spiro atoms. The molecule has 0 aromatic heterocycles. The van der Waals surface area contributed by atoms with E-state index in [1.165, 1.54) is 0 Å². The van der Waals surface area contributed by atoms with E-state index in [2.05, 4.69) is 0 Å². The molecule has 0 amide bonds. The van der Waals surface area contributed by atoms with Crippen LogP contribution in [0.25, 0.3) is 0 Å². The first kappa shape index (κ1) is 9.99. The van der Waals surface area contributed by atoms with Gasteiger partial charge in [0.1, 0.15) is 6.10 Å². The maximum atomic E-state index is 5.32. The van der Waals surface area contributed by atoms with Gasteiger partial charge in [-0.05, 0) is 24.2 Å². The molecule has 0 radical (unpaired) electrons. The summed E-state index contributed by atoms with van der Waals surface area (Å²) < 4.78 is 5.29. The first-order chi connectivity index (χ1) is 6.24. The topological polar surface area (TPSA) is 35.2 Å². The Morgan fingerprint density at radius 1 is 1.46 bits per heavy atom. The second-order valence-corrected chi connectivity index (χ2v) is 3.15. The van der Waals surface area contributed by atoms with Crippen molar-refractivity contribution in [1.82, 2.24) is 0 Å². The van der Waals surface area contributed by atoms with Crippen molar-refractivity contribution in [3.8, 4) is 0 Å². The summed E-state index contributed by atoms with van der Waals surface area (Å²) in [6.07, 6.45) is 0.847. The molecular weight excluding hydrogens is 182 g/mol. The lowest BCUT2D eigenvalue weighted by Crippen LogP contribution is -2.16. The summed E-state index contributed by atoms with van der Waals surface area (Å²) in [7, 11) is 0. The summed E-state index contributed by atoms with van der Waals surface area (Å²) in [6.45, 7) is 2.04. The van der Waals surface area contributed by atoms with Crippen molar-refractivity contribution in [3.63, 3.8) is 0 Å². The lowest BCUT2D eigenvalue weighted by atomic mass is 10.1. The third-order valence-electron chi connectivity index (χ3n) is 1.80. The summed E-state index contributed by atoms with van der Waals surface area (Å²) in [6, 6.07) is 9.93. The van der Waals surface area contributed by atoms with Crippen LogP contribution in [0.3, 0.4) is 0 Å². The first-order valence-corrected chi connectivity index (χ1v) is 4.66. The second-order valence-electron chi connectivity index (χ2n) is 2.74. The Morgan fingerprint density at radius 2 is 2.08 bits per heavy atom. The molecule has 70 valence electrons. The lowest BCUT2D eigenvalue weighted by molar-refractivity contribution is 0.190. The highest BCUT2D eigenvalue weighted by Crippen LogP contribution is 2.19. The number of ether oxygens (including phenoxy) is 1. The van der Waals surface area contributed by atoms with Gasteiger partial charge in [-0.2, -0.15) is 0 Å². The van der Waals surface area contributed by atoms with Gasteiger partial charge in [0.2, 0.25) is 0 Å². The van der Waals surface area contributed by atoms with Crippen LogP contribution in [0.2, 0.25) is 0 Å². The smallest absolute Gasteiger partial charge is 0.254 e. The van der Waals surface area contributed by atoms with E-state index in [-0.39, 0.29) is 11.3 Å². The Hall–Kier alpha value is -1.09. The Bertz CT molecular complexity index is 274. The van der Waals surface area contributed by atoms with Crippen LogP contribution in [0.1, 0.15) is 25.0 Å². The Balaban J connectivity index is 2.73. The molecule has 0 heterocycles. The zero-order valence-corrected chi connectivity index (χ0v) is 8.38. The largest absolute Gasteiger partial charge is 0.463 e. The Kier molecular flexibility index (Phi) is 3.71. The molecule has 0 aliphatic rings. The van der Waals surface area contributed by atoms with E-state index in [4.69, 9.17) is 22.7 Å². The highest BCUT2D eigenvalue weighted by atomic mass is 32.1. The first-order valence-electron chi connectivity index (χ1n) is 4.25. The molecule has 1 unspecified atom stereocenters. The van der Waals surface area contributed by atoms with Gasteiger partial charge >= 0.3 is 0 Å². The van der Waals surface area contributed by atoms with Gasteiger partial charge in [0.15, 0.2) is 0 Å². The van der Waals surface area contributed by atoms with Gasteiger partial charge in [0, 0.05) is 0 Å². The van der Waals surface area contributed by atoms with Crippen LogP contribution in [-0.2, 0) is 4.74 Å². The molecule has 0 saturated carbocycles. The monoisotopic (exact) mass is 195 g/mol. The van der Waals surface area contributed by atoms with Crippen molar-refractivity contribution in [3.05, 3.63) is 35.9 Å². The molecule has 2 nitrogen and oxygen atoms in total. The number of hydrogen-bond acceptors (Lipinski definition) is 2. The van der Waals surface area contributed by atoms with Gasteiger partial charge in [-0.25, -0.2) is 0 Å². The summed E-state index contributed by atoms with van der Waals surface area (Å²) in [5.41, 5.74) is 6.42. The highest BCUT2D eigenvalue weighted by Gasteiger charge is 2.09. The maximum Gasteiger partial charge on any atom is 0.254 e. The fraction of sp³-hybridized carbons (Fsp3) is 0.300. The van der Waals surface area contributed by atoms with Crippen LogP contribution >= 0.6 is 12.2 Å². The molecule has 1 atom stereocenters. The molecule has 1 rings (SSSR count). The maximum absolute atomic E-state index is 5.32. The molecule has 0 saturated heterocycles. The minimum absolute atomic E-state index is 0.0151. The zero-order valence-electron chi connectivity index (χ0n) is 7.57. The molecule has 3 heteroatoms. The van der Waals surface area contributed by atoms with Gasteiger partial charge in [0.05, 0.1) is 0 Å². The van der Waals surface area contributed by atoms with E-state index in [1.54, 1.807) is 0 Å². The van der Waals surface area contributed by atoms with E-state index in [9.17, 15) is 0 Å². The third-order valence-corrected chi connectivity index (χ3v) is 1.90. The van der Waals surface area contributed by atoms with Crippen LogP contribution in [-0.4, -0.2) is 5.17 Å². The van der Waals surface area contributed by atoms with Crippen molar-refractivity contribution >= 4 is 17.4 Å². The minimum Gasteiger partial charge on any atom is -0.463 e. The Morgan fingerprint density at radius 3 is 2.54 bits per heavy atom.